The molecule has 0 fully saturated rings. The van der Waals surface area contributed by atoms with Crippen LogP contribution in [0.15, 0.2) is 34.9 Å². The molecule has 0 unspecified atom stereocenters. The molecule has 0 bridgehead atoms. The SMILES string of the molecule is Cc1nc(N(C)CCN)ncc1-c1ccc(Br)cc1. The van der Waals surface area contributed by atoms with Crippen molar-refractivity contribution in [2.24, 2.45) is 5.73 Å². The number of rotatable bonds is 4. The number of aryl methyl sites for hydroxylation is 1. The van der Waals surface area contributed by atoms with Crippen LogP contribution >= 0.6 is 15.9 Å². The Morgan fingerprint density at radius 1 is 1.26 bits per heavy atom. The highest BCUT2D eigenvalue weighted by atomic mass is 79.9. The number of nitrogens with zero attached hydrogens (tertiary/aromatic N) is 3. The molecule has 19 heavy (non-hydrogen) atoms. The lowest BCUT2D eigenvalue weighted by Crippen LogP contribution is -2.26. The number of benzene rings is 1. The van der Waals surface area contributed by atoms with Crippen molar-refractivity contribution in [2.75, 3.05) is 25.0 Å². The van der Waals surface area contributed by atoms with E-state index in [9.17, 15) is 0 Å². The third-order valence-corrected chi connectivity index (χ3v) is 3.46. The Balaban J connectivity index is 2.31. The van der Waals surface area contributed by atoms with Crippen molar-refractivity contribution >= 4 is 21.9 Å². The number of likely N-dealkylation sites (N-methyl/N-ethyl adjacent to an activating group) is 1. The van der Waals surface area contributed by atoms with E-state index < -0.39 is 0 Å². The van der Waals surface area contributed by atoms with Crippen molar-refractivity contribution in [1.29, 1.82) is 0 Å². The Labute approximate surface area is 121 Å². The van der Waals surface area contributed by atoms with Gasteiger partial charge in [-0.1, -0.05) is 28.1 Å². The summed E-state index contributed by atoms with van der Waals surface area (Å²) in [6, 6.07) is 8.14. The third-order valence-electron chi connectivity index (χ3n) is 2.93. The van der Waals surface area contributed by atoms with E-state index in [4.69, 9.17) is 5.73 Å². The lowest BCUT2D eigenvalue weighted by atomic mass is 10.1. The van der Waals surface area contributed by atoms with Gasteiger partial charge in [0.15, 0.2) is 0 Å². The first-order valence-corrected chi connectivity index (χ1v) is 6.92. The van der Waals surface area contributed by atoms with Crippen LogP contribution in [0.1, 0.15) is 5.69 Å². The van der Waals surface area contributed by atoms with Crippen LogP contribution in [0.3, 0.4) is 0 Å². The Bertz CT molecular complexity index is 554. The van der Waals surface area contributed by atoms with Crippen molar-refractivity contribution in [2.45, 2.75) is 6.92 Å². The molecule has 0 saturated carbocycles. The van der Waals surface area contributed by atoms with Gasteiger partial charge in [-0.05, 0) is 24.6 Å². The van der Waals surface area contributed by atoms with Gasteiger partial charge in [0.1, 0.15) is 0 Å². The fourth-order valence-corrected chi connectivity index (χ4v) is 2.11. The van der Waals surface area contributed by atoms with E-state index in [1.165, 1.54) is 0 Å². The Hall–Kier alpha value is -1.46. The van der Waals surface area contributed by atoms with Crippen molar-refractivity contribution in [1.82, 2.24) is 9.97 Å². The van der Waals surface area contributed by atoms with Gasteiger partial charge in [-0.2, -0.15) is 0 Å². The minimum Gasteiger partial charge on any atom is -0.343 e. The molecule has 100 valence electrons. The third kappa shape index (κ3) is 3.30. The van der Waals surface area contributed by atoms with Crippen LogP contribution < -0.4 is 10.6 Å². The highest BCUT2D eigenvalue weighted by Gasteiger charge is 2.08. The Morgan fingerprint density at radius 2 is 1.95 bits per heavy atom. The molecular weight excluding hydrogens is 304 g/mol. The summed E-state index contributed by atoms with van der Waals surface area (Å²) < 4.78 is 1.06. The molecule has 0 aliphatic rings. The van der Waals surface area contributed by atoms with E-state index >= 15 is 0 Å². The molecule has 1 aromatic heterocycles. The van der Waals surface area contributed by atoms with Gasteiger partial charge in [-0.25, -0.2) is 9.97 Å². The summed E-state index contributed by atoms with van der Waals surface area (Å²) in [5.41, 5.74) is 8.68. The van der Waals surface area contributed by atoms with Crippen LogP contribution in [0.5, 0.6) is 0 Å². The second-order valence-corrected chi connectivity index (χ2v) is 5.30. The average Bonchev–Trinajstić information content (AvgIpc) is 2.40. The van der Waals surface area contributed by atoms with Crippen molar-refractivity contribution < 1.29 is 0 Å². The number of hydrogen-bond acceptors (Lipinski definition) is 4. The van der Waals surface area contributed by atoms with Crippen LogP contribution in [0.2, 0.25) is 0 Å². The van der Waals surface area contributed by atoms with E-state index in [-0.39, 0.29) is 0 Å². The minimum atomic E-state index is 0.591. The molecule has 1 aromatic carbocycles. The fourth-order valence-electron chi connectivity index (χ4n) is 1.85. The zero-order valence-corrected chi connectivity index (χ0v) is 12.7. The molecule has 0 atom stereocenters. The van der Waals surface area contributed by atoms with E-state index in [0.717, 1.165) is 27.8 Å². The molecule has 0 radical (unpaired) electrons. The lowest BCUT2D eigenvalue weighted by molar-refractivity contribution is 0.841. The van der Waals surface area contributed by atoms with Crippen molar-refractivity contribution in [3.8, 4) is 11.1 Å². The second kappa shape index (κ2) is 6.12. The maximum absolute atomic E-state index is 5.54. The van der Waals surface area contributed by atoms with Gasteiger partial charge >= 0.3 is 0 Å². The van der Waals surface area contributed by atoms with Crippen molar-refractivity contribution in [3.05, 3.63) is 40.6 Å². The molecule has 0 saturated heterocycles. The standard InChI is InChI=1S/C14H17BrN4/c1-10-13(11-3-5-12(15)6-4-11)9-17-14(18-10)19(2)8-7-16/h3-6,9H,7-8,16H2,1-2H3. The predicted molar refractivity (Wildman–Crippen MR) is 82.2 cm³/mol. The molecule has 1 heterocycles. The van der Waals surface area contributed by atoms with E-state index in [0.29, 0.717) is 12.5 Å². The van der Waals surface area contributed by atoms with Crippen LogP contribution in [-0.4, -0.2) is 30.1 Å². The van der Waals surface area contributed by atoms with E-state index in [1.54, 1.807) is 0 Å². The minimum absolute atomic E-state index is 0.591. The van der Waals surface area contributed by atoms with Crippen LogP contribution in [0.4, 0.5) is 5.95 Å². The Kier molecular flexibility index (Phi) is 4.50. The van der Waals surface area contributed by atoms with Gasteiger partial charge in [-0.15, -0.1) is 0 Å². The zero-order chi connectivity index (χ0) is 13.8. The molecule has 0 aliphatic heterocycles. The van der Waals surface area contributed by atoms with Gasteiger partial charge in [0.25, 0.3) is 0 Å². The topological polar surface area (TPSA) is 55.0 Å². The average molecular weight is 321 g/mol. The van der Waals surface area contributed by atoms with Gasteiger partial charge in [0.05, 0.1) is 5.69 Å². The first kappa shape index (κ1) is 14.0. The predicted octanol–water partition coefficient (Wildman–Crippen LogP) is 2.61. The summed E-state index contributed by atoms with van der Waals surface area (Å²) in [6.45, 7) is 3.34. The second-order valence-electron chi connectivity index (χ2n) is 4.39. The number of anilines is 1. The van der Waals surface area contributed by atoms with E-state index in [1.807, 2.05) is 37.2 Å². The summed E-state index contributed by atoms with van der Waals surface area (Å²) in [5, 5.41) is 0. The fraction of sp³-hybridized carbons (Fsp3) is 0.286. The lowest BCUT2D eigenvalue weighted by Gasteiger charge is -2.17. The molecule has 2 rings (SSSR count). The summed E-state index contributed by atoms with van der Waals surface area (Å²) >= 11 is 3.43. The molecule has 2 aromatic rings. The highest BCUT2D eigenvalue weighted by Crippen LogP contribution is 2.24. The monoisotopic (exact) mass is 320 g/mol. The number of nitrogens with two attached hydrogens (primary N) is 1. The maximum atomic E-state index is 5.54. The van der Waals surface area contributed by atoms with Crippen LogP contribution in [0.25, 0.3) is 11.1 Å². The van der Waals surface area contributed by atoms with Gasteiger partial charge in [0.2, 0.25) is 5.95 Å². The molecule has 0 amide bonds. The van der Waals surface area contributed by atoms with Gasteiger partial charge in [-0.3, -0.25) is 0 Å². The molecule has 4 nitrogen and oxygen atoms in total. The highest BCUT2D eigenvalue weighted by molar-refractivity contribution is 9.10. The summed E-state index contributed by atoms with van der Waals surface area (Å²) in [7, 11) is 1.95. The molecule has 5 heteroatoms. The summed E-state index contributed by atoms with van der Waals surface area (Å²) in [4.78, 5) is 10.9. The molecular formula is C14H17BrN4. The van der Waals surface area contributed by atoms with Crippen LogP contribution in [-0.2, 0) is 0 Å². The molecule has 0 aliphatic carbocycles. The summed E-state index contributed by atoms with van der Waals surface area (Å²) in [5.74, 6) is 0.712. The van der Waals surface area contributed by atoms with Crippen molar-refractivity contribution in [3.63, 3.8) is 0 Å². The first-order chi connectivity index (χ1) is 9.11. The first-order valence-electron chi connectivity index (χ1n) is 6.12. The smallest absolute Gasteiger partial charge is 0.225 e. The number of halogens is 1. The molecule has 0 spiro atoms. The Morgan fingerprint density at radius 3 is 2.53 bits per heavy atom. The maximum Gasteiger partial charge on any atom is 0.225 e. The molecule has 2 N–H and O–H groups in total. The zero-order valence-electron chi connectivity index (χ0n) is 11.1. The van der Waals surface area contributed by atoms with Gasteiger partial charge < -0.3 is 10.6 Å². The van der Waals surface area contributed by atoms with Gasteiger partial charge in [0, 0.05) is 36.4 Å². The number of aromatic nitrogens is 2. The quantitative estimate of drug-likeness (QED) is 0.940. The van der Waals surface area contributed by atoms with Crippen LogP contribution in [0, 0.1) is 6.92 Å². The number of hydrogen-bond donors (Lipinski definition) is 1. The normalized spacial score (nSPS) is 10.5. The summed E-state index contributed by atoms with van der Waals surface area (Å²) in [6.07, 6.45) is 1.87. The van der Waals surface area contributed by atoms with E-state index in [2.05, 4.69) is 38.0 Å². The largest absolute Gasteiger partial charge is 0.343 e.